The highest BCUT2D eigenvalue weighted by Crippen LogP contribution is 2.08. The van der Waals surface area contributed by atoms with Gasteiger partial charge in [-0.15, -0.1) is 12.4 Å². The second-order valence-electron chi connectivity index (χ2n) is 2.36. The number of rotatable bonds is 0. The minimum absolute atomic E-state index is 0. The van der Waals surface area contributed by atoms with E-state index in [1.807, 2.05) is 0 Å². The average molecular weight is 286 g/mol. The molecule has 0 bridgehead atoms. The Morgan fingerprint density at radius 2 is 2.45 bits per heavy atom. The summed E-state index contributed by atoms with van der Waals surface area (Å²) in [6.07, 6.45) is 0. The van der Waals surface area contributed by atoms with E-state index in [1.54, 1.807) is 0 Å². The maximum atomic E-state index is 4.31. The number of halogens is 2. The van der Waals surface area contributed by atoms with E-state index in [-0.39, 0.29) is 12.4 Å². The van der Waals surface area contributed by atoms with E-state index in [0.717, 1.165) is 23.3 Å². The lowest BCUT2D eigenvalue weighted by molar-refractivity contribution is 0.474. The van der Waals surface area contributed by atoms with E-state index < -0.39 is 0 Å². The fraction of sp³-hybridized carbons (Fsp3) is 0.500. The van der Waals surface area contributed by atoms with Gasteiger partial charge in [0.25, 0.3) is 0 Å². The number of fused-ring (bicyclic) bond motifs is 1. The number of aromatic nitrogens is 2. The summed E-state index contributed by atoms with van der Waals surface area (Å²) in [6, 6.07) is 2.12. The molecule has 1 N–H and O–H groups in total. The Bertz CT molecular complexity index is 224. The molecule has 0 spiro atoms. The van der Waals surface area contributed by atoms with Gasteiger partial charge in [-0.25, -0.2) is 0 Å². The first kappa shape index (κ1) is 9.28. The minimum atomic E-state index is 0. The van der Waals surface area contributed by atoms with Gasteiger partial charge in [0, 0.05) is 13.1 Å². The third kappa shape index (κ3) is 1.86. The van der Waals surface area contributed by atoms with Crippen LogP contribution in [0.4, 0.5) is 0 Å². The SMILES string of the molecule is Cl.Ic1cc2n(n1)CCNC2. The molecule has 0 atom stereocenters. The van der Waals surface area contributed by atoms with Crippen LogP contribution in [0.1, 0.15) is 5.69 Å². The Balaban J connectivity index is 0.000000605. The molecule has 62 valence electrons. The number of nitrogens with one attached hydrogen (secondary N) is 1. The summed E-state index contributed by atoms with van der Waals surface area (Å²) in [5, 5.41) is 7.60. The van der Waals surface area contributed by atoms with Gasteiger partial charge in [0.1, 0.15) is 3.70 Å². The highest BCUT2D eigenvalue weighted by Gasteiger charge is 2.08. The molecule has 2 rings (SSSR count). The van der Waals surface area contributed by atoms with E-state index >= 15 is 0 Å². The van der Waals surface area contributed by atoms with Gasteiger partial charge in [0.05, 0.1) is 12.2 Å². The molecule has 5 heteroatoms. The average Bonchev–Trinajstić information content (AvgIpc) is 2.27. The molecule has 0 unspecified atom stereocenters. The minimum Gasteiger partial charge on any atom is -0.309 e. The molecule has 11 heavy (non-hydrogen) atoms. The molecule has 0 radical (unpaired) electrons. The zero-order valence-electron chi connectivity index (χ0n) is 5.88. The summed E-state index contributed by atoms with van der Waals surface area (Å²) in [4.78, 5) is 0. The van der Waals surface area contributed by atoms with Crippen molar-refractivity contribution in [3.8, 4) is 0 Å². The van der Waals surface area contributed by atoms with Gasteiger partial charge in [0.2, 0.25) is 0 Å². The summed E-state index contributed by atoms with van der Waals surface area (Å²) in [5.74, 6) is 0. The van der Waals surface area contributed by atoms with Crippen molar-refractivity contribution in [3.63, 3.8) is 0 Å². The van der Waals surface area contributed by atoms with Crippen LogP contribution in [0.2, 0.25) is 0 Å². The zero-order valence-corrected chi connectivity index (χ0v) is 8.85. The molecule has 1 aliphatic rings. The van der Waals surface area contributed by atoms with Crippen molar-refractivity contribution in [1.29, 1.82) is 0 Å². The predicted octanol–water partition coefficient (Wildman–Crippen LogP) is 1.01. The Kier molecular flexibility index (Phi) is 3.15. The Morgan fingerprint density at radius 3 is 3.18 bits per heavy atom. The lowest BCUT2D eigenvalue weighted by Crippen LogP contribution is -2.28. The Labute approximate surface area is 85.1 Å². The van der Waals surface area contributed by atoms with Crippen molar-refractivity contribution in [1.82, 2.24) is 15.1 Å². The number of nitrogens with zero attached hydrogens (tertiary/aromatic N) is 2. The molecule has 0 aliphatic carbocycles. The second-order valence-corrected chi connectivity index (χ2v) is 3.46. The molecule has 0 aromatic carbocycles. The smallest absolute Gasteiger partial charge is 0.123 e. The van der Waals surface area contributed by atoms with Gasteiger partial charge in [-0.05, 0) is 28.7 Å². The summed E-state index contributed by atoms with van der Waals surface area (Å²) >= 11 is 2.24. The van der Waals surface area contributed by atoms with Gasteiger partial charge < -0.3 is 5.32 Å². The molecule has 1 aromatic heterocycles. The van der Waals surface area contributed by atoms with Gasteiger partial charge >= 0.3 is 0 Å². The third-order valence-electron chi connectivity index (χ3n) is 1.64. The molecule has 1 aromatic rings. The summed E-state index contributed by atoms with van der Waals surface area (Å²) in [5.41, 5.74) is 1.30. The largest absolute Gasteiger partial charge is 0.309 e. The van der Waals surface area contributed by atoms with Crippen LogP contribution >= 0.6 is 35.0 Å². The molecule has 0 saturated carbocycles. The van der Waals surface area contributed by atoms with E-state index in [0.29, 0.717) is 0 Å². The predicted molar refractivity (Wildman–Crippen MR) is 53.9 cm³/mol. The number of hydrogen-bond donors (Lipinski definition) is 1. The lowest BCUT2D eigenvalue weighted by Gasteiger charge is -2.13. The first-order valence-corrected chi connectivity index (χ1v) is 4.37. The van der Waals surface area contributed by atoms with E-state index in [2.05, 4.69) is 43.8 Å². The summed E-state index contributed by atoms with van der Waals surface area (Å²) in [6.45, 7) is 3.03. The van der Waals surface area contributed by atoms with Gasteiger partial charge in [-0.3, -0.25) is 4.68 Å². The summed E-state index contributed by atoms with van der Waals surface area (Å²) < 4.78 is 3.16. The van der Waals surface area contributed by atoms with Crippen LogP contribution < -0.4 is 5.32 Å². The Hall–Kier alpha value is 0.190. The maximum Gasteiger partial charge on any atom is 0.123 e. The zero-order chi connectivity index (χ0) is 6.97. The van der Waals surface area contributed by atoms with Crippen LogP contribution in [0.25, 0.3) is 0 Å². The monoisotopic (exact) mass is 285 g/mol. The second kappa shape index (κ2) is 3.73. The first-order chi connectivity index (χ1) is 4.86. The molecule has 3 nitrogen and oxygen atoms in total. The quantitative estimate of drug-likeness (QED) is 0.721. The van der Waals surface area contributed by atoms with Gasteiger partial charge in [-0.2, -0.15) is 5.10 Å². The van der Waals surface area contributed by atoms with Crippen LogP contribution in [0, 0.1) is 3.70 Å². The van der Waals surface area contributed by atoms with Gasteiger partial charge in [0.15, 0.2) is 0 Å². The molecule has 1 aliphatic heterocycles. The van der Waals surface area contributed by atoms with Crippen LogP contribution in [0.3, 0.4) is 0 Å². The van der Waals surface area contributed by atoms with Crippen molar-refractivity contribution in [2.45, 2.75) is 13.1 Å². The fourth-order valence-corrected chi connectivity index (χ4v) is 1.78. The standard InChI is InChI=1S/C6H8IN3.ClH/c7-6-3-5-4-8-1-2-10(5)9-6;/h3,8H,1-2,4H2;1H. The van der Waals surface area contributed by atoms with Crippen molar-refractivity contribution < 1.29 is 0 Å². The third-order valence-corrected chi connectivity index (χ3v) is 2.17. The first-order valence-electron chi connectivity index (χ1n) is 3.29. The van der Waals surface area contributed by atoms with Crippen molar-refractivity contribution >= 4 is 35.0 Å². The van der Waals surface area contributed by atoms with Crippen LogP contribution in [0.15, 0.2) is 6.07 Å². The Morgan fingerprint density at radius 1 is 1.64 bits per heavy atom. The molecular weight excluding hydrogens is 276 g/mol. The van der Waals surface area contributed by atoms with Gasteiger partial charge in [-0.1, -0.05) is 0 Å². The van der Waals surface area contributed by atoms with Crippen molar-refractivity contribution in [2.24, 2.45) is 0 Å². The molecule has 0 amide bonds. The molecule has 0 fully saturated rings. The van der Waals surface area contributed by atoms with E-state index in [1.165, 1.54) is 5.69 Å². The molecular formula is C6H9ClIN3. The summed E-state index contributed by atoms with van der Waals surface area (Å²) in [7, 11) is 0. The van der Waals surface area contributed by atoms with Crippen molar-refractivity contribution in [3.05, 3.63) is 15.5 Å². The fourth-order valence-electron chi connectivity index (χ4n) is 1.16. The van der Waals surface area contributed by atoms with E-state index in [9.17, 15) is 0 Å². The highest BCUT2D eigenvalue weighted by atomic mass is 127. The maximum absolute atomic E-state index is 4.31. The van der Waals surface area contributed by atoms with Crippen LogP contribution in [0.5, 0.6) is 0 Å². The number of hydrogen-bond acceptors (Lipinski definition) is 2. The van der Waals surface area contributed by atoms with E-state index in [4.69, 9.17) is 0 Å². The van der Waals surface area contributed by atoms with Crippen LogP contribution in [-0.2, 0) is 13.1 Å². The normalized spacial score (nSPS) is 15.4. The molecule has 2 heterocycles. The van der Waals surface area contributed by atoms with Crippen molar-refractivity contribution in [2.75, 3.05) is 6.54 Å². The van der Waals surface area contributed by atoms with Crippen LogP contribution in [-0.4, -0.2) is 16.3 Å². The highest BCUT2D eigenvalue weighted by molar-refractivity contribution is 14.1. The lowest BCUT2D eigenvalue weighted by atomic mass is 10.3. The topological polar surface area (TPSA) is 29.9 Å². The molecule has 0 saturated heterocycles.